The standard InChI is InChI=1S/C17H18N2O2/c1-19(10-13-6-8-14(12-20)9-7-13)11-17-18-15-4-2-3-5-16(15)21-17/h2-9,20H,10-12H2,1H3. The summed E-state index contributed by atoms with van der Waals surface area (Å²) < 4.78 is 5.73. The van der Waals surface area contributed by atoms with Crippen molar-refractivity contribution in [2.45, 2.75) is 19.7 Å². The van der Waals surface area contributed by atoms with Crippen LogP contribution in [0.25, 0.3) is 11.1 Å². The second kappa shape index (κ2) is 6.08. The van der Waals surface area contributed by atoms with Crippen LogP contribution >= 0.6 is 0 Å². The molecule has 0 fully saturated rings. The first-order valence-electron chi connectivity index (χ1n) is 6.96. The number of aliphatic hydroxyl groups excluding tert-OH is 1. The van der Waals surface area contributed by atoms with E-state index in [4.69, 9.17) is 9.52 Å². The molecule has 21 heavy (non-hydrogen) atoms. The number of rotatable bonds is 5. The van der Waals surface area contributed by atoms with E-state index >= 15 is 0 Å². The number of aromatic nitrogens is 1. The molecule has 0 aliphatic heterocycles. The summed E-state index contributed by atoms with van der Waals surface area (Å²) in [5, 5.41) is 9.04. The fourth-order valence-corrected chi connectivity index (χ4v) is 2.34. The van der Waals surface area contributed by atoms with Crippen LogP contribution in [-0.4, -0.2) is 22.0 Å². The maximum Gasteiger partial charge on any atom is 0.209 e. The monoisotopic (exact) mass is 282 g/mol. The molecule has 1 N–H and O–H groups in total. The molecule has 4 nitrogen and oxygen atoms in total. The van der Waals surface area contributed by atoms with Gasteiger partial charge in [-0.25, -0.2) is 4.98 Å². The van der Waals surface area contributed by atoms with Gasteiger partial charge in [-0.1, -0.05) is 36.4 Å². The molecule has 0 spiro atoms. The summed E-state index contributed by atoms with van der Waals surface area (Å²) in [6, 6.07) is 15.8. The van der Waals surface area contributed by atoms with Gasteiger partial charge >= 0.3 is 0 Å². The van der Waals surface area contributed by atoms with Crippen LogP contribution in [0.2, 0.25) is 0 Å². The molecule has 0 aliphatic carbocycles. The van der Waals surface area contributed by atoms with Gasteiger partial charge in [0, 0.05) is 6.54 Å². The van der Waals surface area contributed by atoms with Gasteiger partial charge in [-0.2, -0.15) is 0 Å². The maximum absolute atomic E-state index is 9.04. The Morgan fingerprint density at radius 2 is 1.71 bits per heavy atom. The van der Waals surface area contributed by atoms with Gasteiger partial charge in [0.15, 0.2) is 5.58 Å². The molecule has 0 saturated heterocycles. The molecule has 0 radical (unpaired) electrons. The second-order valence-electron chi connectivity index (χ2n) is 5.22. The van der Waals surface area contributed by atoms with Crippen molar-refractivity contribution in [3.63, 3.8) is 0 Å². The molecule has 2 aromatic carbocycles. The van der Waals surface area contributed by atoms with Gasteiger partial charge in [-0.05, 0) is 30.3 Å². The average Bonchev–Trinajstić information content (AvgIpc) is 2.90. The highest BCUT2D eigenvalue weighted by molar-refractivity contribution is 5.72. The third-order valence-corrected chi connectivity index (χ3v) is 3.40. The van der Waals surface area contributed by atoms with Crippen LogP contribution in [0.5, 0.6) is 0 Å². The Kier molecular flexibility index (Phi) is 3.99. The van der Waals surface area contributed by atoms with Gasteiger partial charge in [0.1, 0.15) is 5.52 Å². The zero-order valence-corrected chi connectivity index (χ0v) is 12.0. The normalized spacial score (nSPS) is 11.4. The van der Waals surface area contributed by atoms with Crippen molar-refractivity contribution >= 4 is 11.1 Å². The van der Waals surface area contributed by atoms with Crippen molar-refractivity contribution in [2.24, 2.45) is 0 Å². The van der Waals surface area contributed by atoms with Crippen LogP contribution in [0.15, 0.2) is 52.9 Å². The number of hydrogen-bond acceptors (Lipinski definition) is 4. The molecule has 0 bridgehead atoms. The molecule has 4 heteroatoms. The van der Waals surface area contributed by atoms with E-state index in [1.807, 2.05) is 55.6 Å². The number of oxazole rings is 1. The lowest BCUT2D eigenvalue weighted by atomic mass is 10.1. The molecular formula is C17H18N2O2. The third-order valence-electron chi connectivity index (χ3n) is 3.40. The summed E-state index contributed by atoms with van der Waals surface area (Å²) in [6.45, 7) is 1.56. The lowest BCUT2D eigenvalue weighted by molar-refractivity contribution is 0.280. The van der Waals surface area contributed by atoms with E-state index in [9.17, 15) is 0 Å². The minimum Gasteiger partial charge on any atom is -0.439 e. The van der Waals surface area contributed by atoms with Crippen molar-refractivity contribution in [2.75, 3.05) is 7.05 Å². The Balaban J connectivity index is 1.66. The molecule has 0 saturated carbocycles. The van der Waals surface area contributed by atoms with Crippen LogP contribution in [0, 0.1) is 0 Å². The van der Waals surface area contributed by atoms with Crippen molar-refractivity contribution in [3.8, 4) is 0 Å². The Morgan fingerprint density at radius 1 is 1.00 bits per heavy atom. The number of nitrogens with zero attached hydrogens (tertiary/aromatic N) is 2. The molecule has 3 rings (SSSR count). The van der Waals surface area contributed by atoms with Crippen molar-refractivity contribution < 1.29 is 9.52 Å². The van der Waals surface area contributed by atoms with Crippen molar-refractivity contribution in [3.05, 3.63) is 65.5 Å². The zero-order chi connectivity index (χ0) is 14.7. The van der Waals surface area contributed by atoms with Crippen LogP contribution in [-0.2, 0) is 19.7 Å². The van der Waals surface area contributed by atoms with E-state index in [1.165, 1.54) is 5.56 Å². The highest BCUT2D eigenvalue weighted by atomic mass is 16.3. The van der Waals surface area contributed by atoms with Crippen molar-refractivity contribution in [1.29, 1.82) is 0 Å². The largest absolute Gasteiger partial charge is 0.439 e. The molecule has 0 aliphatic rings. The average molecular weight is 282 g/mol. The Labute approximate surface area is 123 Å². The van der Waals surface area contributed by atoms with Gasteiger partial charge in [-0.15, -0.1) is 0 Å². The van der Waals surface area contributed by atoms with Crippen LogP contribution in [0.3, 0.4) is 0 Å². The highest BCUT2D eigenvalue weighted by Crippen LogP contribution is 2.16. The maximum atomic E-state index is 9.04. The first-order valence-corrected chi connectivity index (χ1v) is 6.96. The Morgan fingerprint density at radius 3 is 2.43 bits per heavy atom. The molecule has 1 heterocycles. The summed E-state index contributed by atoms with van der Waals surface area (Å²) in [7, 11) is 2.04. The van der Waals surface area contributed by atoms with Crippen LogP contribution < -0.4 is 0 Å². The molecule has 108 valence electrons. The minimum absolute atomic E-state index is 0.0824. The van der Waals surface area contributed by atoms with Gasteiger partial charge in [0.25, 0.3) is 0 Å². The number of hydrogen-bond donors (Lipinski definition) is 1. The number of fused-ring (bicyclic) bond motifs is 1. The van der Waals surface area contributed by atoms with E-state index in [-0.39, 0.29) is 6.61 Å². The fraction of sp³-hybridized carbons (Fsp3) is 0.235. The molecule has 1 aromatic heterocycles. The summed E-state index contributed by atoms with van der Waals surface area (Å²) >= 11 is 0. The predicted octanol–water partition coefficient (Wildman–Crippen LogP) is 2.95. The summed E-state index contributed by atoms with van der Waals surface area (Å²) in [5.74, 6) is 0.727. The third kappa shape index (κ3) is 3.29. The van der Waals surface area contributed by atoms with Crippen LogP contribution in [0.4, 0.5) is 0 Å². The minimum atomic E-state index is 0.0824. The highest BCUT2D eigenvalue weighted by Gasteiger charge is 2.08. The quantitative estimate of drug-likeness (QED) is 0.781. The molecular weight excluding hydrogens is 264 g/mol. The molecule has 3 aromatic rings. The van der Waals surface area contributed by atoms with E-state index in [0.717, 1.165) is 29.1 Å². The van der Waals surface area contributed by atoms with E-state index in [1.54, 1.807) is 0 Å². The second-order valence-corrected chi connectivity index (χ2v) is 5.22. The topological polar surface area (TPSA) is 49.5 Å². The van der Waals surface area contributed by atoms with Gasteiger partial charge in [-0.3, -0.25) is 4.90 Å². The van der Waals surface area contributed by atoms with Gasteiger partial charge in [0.05, 0.1) is 13.2 Å². The first-order chi connectivity index (χ1) is 10.2. The molecule has 0 unspecified atom stereocenters. The van der Waals surface area contributed by atoms with E-state index < -0.39 is 0 Å². The lowest BCUT2D eigenvalue weighted by Crippen LogP contribution is -2.17. The predicted molar refractivity (Wildman–Crippen MR) is 81.5 cm³/mol. The van der Waals surface area contributed by atoms with E-state index in [0.29, 0.717) is 6.54 Å². The number of aliphatic hydroxyl groups is 1. The smallest absolute Gasteiger partial charge is 0.209 e. The number of para-hydroxylation sites is 2. The van der Waals surface area contributed by atoms with E-state index in [2.05, 4.69) is 9.88 Å². The van der Waals surface area contributed by atoms with Gasteiger partial charge in [0.2, 0.25) is 5.89 Å². The lowest BCUT2D eigenvalue weighted by Gasteiger charge is -2.14. The van der Waals surface area contributed by atoms with Crippen molar-refractivity contribution in [1.82, 2.24) is 9.88 Å². The molecule has 0 atom stereocenters. The van der Waals surface area contributed by atoms with Crippen LogP contribution in [0.1, 0.15) is 17.0 Å². The van der Waals surface area contributed by atoms with Gasteiger partial charge < -0.3 is 9.52 Å². The summed E-state index contributed by atoms with van der Waals surface area (Å²) in [4.78, 5) is 6.63. The SMILES string of the molecule is CN(Cc1ccc(CO)cc1)Cc1nc2ccccc2o1. The molecule has 0 amide bonds. The Hall–Kier alpha value is -2.17. The fourth-order valence-electron chi connectivity index (χ4n) is 2.34. The number of benzene rings is 2. The Bertz CT molecular complexity index is 686. The first kappa shape index (κ1) is 13.8. The summed E-state index contributed by atoms with van der Waals surface area (Å²) in [6.07, 6.45) is 0. The summed E-state index contributed by atoms with van der Waals surface area (Å²) in [5.41, 5.74) is 3.85. The zero-order valence-electron chi connectivity index (χ0n) is 12.0.